The average Bonchev–Trinajstić information content (AvgIpc) is 2.36. The largest absolute Gasteiger partial charge is 0.393 e. The van der Waals surface area contributed by atoms with Crippen molar-refractivity contribution in [1.82, 2.24) is 10.2 Å². The van der Waals surface area contributed by atoms with E-state index in [1.54, 1.807) is 19.1 Å². The summed E-state index contributed by atoms with van der Waals surface area (Å²) in [6, 6.07) is 7.38. The van der Waals surface area contributed by atoms with Crippen molar-refractivity contribution in [2.24, 2.45) is 0 Å². The molecule has 0 radical (unpaired) electrons. The molecule has 1 unspecified atom stereocenters. The number of hydrogen-bond donors (Lipinski definition) is 2. The van der Waals surface area contributed by atoms with Crippen LogP contribution in [0.5, 0.6) is 0 Å². The molecule has 0 aliphatic heterocycles. The number of aliphatic hydroxyl groups is 1. The van der Waals surface area contributed by atoms with E-state index in [-0.39, 0.29) is 12.0 Å². The number of carbonyl (C=O) groups is 1. The third-order valence-corrected chi connectivity index (χ3v) is 3.00. The summed E-state index contributed by atoms with van der Waals surface area (Å²) in [5.74, 6) is -0.0250. The number of amides is 1. The summed E-state index contributed by atoms with van der Waals surface area (Å²) >= 11 is 5.79. The van der Waals surface area contributed by atoms with Gasteiger partial charge in [-0.1, -0.05) is 23.7 Å². The number of nitrogens with zero attached hydrogens (tertiary/aromatic N) is 1. The second-order valence-electron chi connectivity index (χ2n) is 4.78. The molecular formula is C14H21ClN2O2. The van der Waals surface area contributed by atoms with E-state index in [2.05, 4.69) is 5.32 Å². The standard InChI is InChI=1S/C14H21ClN2O2/c1-11(18)7-8-17(2)10-14(19)16-9-12-3-5-13(15)6-4-12/h3-6,11,18H,7-10H2,1-2H3,(H,16,19). The molecule has 0 saturated carbocycles. The van der Waals surface area contributed by atoms with E-state index in [1.165, 1.54) is 0 Å². The van der Waals surface area contributed by atoms with Crippen LogP contribution >= 0.6 is 11.6 Å². The maximum absolute atomic E-state index is 11.7. The third-order valence-electron chi connectivity index (χ3n) is 2.75. The molecule has 1 atom stereocenters. The Balaban J connectivity index is 2.25. The predicted molar refractivity (Wildman–Crippen MR) is 77.1 cm³/mol. The summed E-state index contributed by atoms with van der Waals surface area (Å²) in [6.07, 6.45) is 0.334. The van der Waals surface area contributed by atoms with E-state index in [4.69, 9.17) is 11.6 Å². The fourth-order valence-electron chi connectivity index (χ4n) is 1.59. The Labute approximate surface area is 119 Å². The molecule has 0 aromatic heterocycles. The van der Waals surface area contributed by atoms with E-state index >= 15 is 0 Å². The Morgan fingerprint density at radius 2 is 2.05 bits per heavy atom. The average molecular weight is 285 g/mol. The molecule has 19 heavy (non-hydrogen) atoms. The predicted octanol–water partition coefficient (Wildman–Crippen LogP) is 1.66. The monoisotopic (exact) mass is 284 g/mol. The highest BCUT2D eigenvalue weighted by molar-refractivity contribution is 6.30. The summed E-state index contributed by atoms with van der Waals surface area (Å²) in [5, 5.41) is 12.7. The van der Waals surface area contributed by atoms with Gasteiger partial charge in [0.1, 0.15) is 0 Å². The van der Waals surface area contributed by atoms with Crippen LogP contribution < -0.4 is 5.32 Å². The smallest absolute Gasteiger partial charge is 0.234 e. The van der Waals surface area contributed by atoms with Gasteiger partial charge >= 0.3 is 0 Å². The quantitative estimate of drug-likeness (QED) is 0.801. The molecule has 4 nitrogen and oxygen atoms in total. The lowest BCUT2D eigenvalue weighted by Gasteiger charge is -2.17. The lowest BCUT2D eigenvalue weighted by atomic mass is 10.2. The summed E-state index contributed by atoms with van der Waals surface area (Å²) < 4.78 is 0. The van der Waals surface area contributed by atoms with Crippen molar-refractivity contribution >= 4 is 17.5 Å². The zero-order chi connectivity index (χ0) is 14.3. The molecule has 0 heterocycles. The minimum atomic E-state index is -0.334. The van der Waals surface area contributed by atoms with Crippen molar-refractivity contribution in [2.45, 2.75) is 26.0 Å². The summed E-state index contributed by atoms with van der Waals surface area (Å²) in [6.45, 7) is 3.28. The van der Waals surface area contributed by atoms with Crippen LogP contribution in [0, 0.1) is 0 Å². The van der Waals surface area contributed by atoms with E-state index < -0.39 is 0 Å². The molecule has 106 valence electrons. The Morgan fingerprint density at radius 3 is 2.63 bits per heavy atom. The van der Waals surface area contributed by atoms with Gasteiger partial charge in [-0.3, -0.25) is 9.69 Å². The molecule has 1 rings (SSSR count). The number of carbonyl (C=O) groups excluding carboxylic acids is 1. The zero-order valence-electron chi connectivity index (χ0n) is 11.4. The fourth-order valence-corrected chi connectivity index (χ4v) is 1.72. The Morgan fingerprint density at radius 1 is 1.42 bits per heavy atom. The molecule has 1 aromatic rings. The number of likely N-dealkylation sites (N-methyl/N-ethyl adjacent to an activating group) is 1. The molecule has 5 heteroatoms. The van der Waals surface area contributed by atoms with Crippen LogP contribution in [-0.2, 0) is 11.3 Å². The zero-order valence-corrected chi connectivity index (χ0v) is 12.2. The SMILES string of the molecule is CC(O)CCN(C)CC(=O)NCc1ccc(Cl)cc1. The van der Waals surface area contributed by atoms with Crippen LogP contribution in [0.25, 0.3) is 0 Å². The first-order valence-corrected chi connectivity index (χ1v) is 6.73. The minimum Gasteiger partial charge on any atom is -0.393 e. The van der Waals surface area contributed by atoms with Crippen LogP contribution in [0.1, 0.15) is 18.9 Å². The number of nitrogens with one attached hydrogen (secondary N) is 1. The number of aliphatic hydroxyl groups excluding tert-OH is 1. The van der Waals surface area contributed by atoms with Crippen LogP contribution in [0.2, 0.25) is 5.02 Å². The molecular weight excluding hydrogens is 264 g/mol. The fraction of sp³-hybridized carbons (Fsp3) is 0.500. The van der Waals surface area contributed by atoms with Gasteiger partial charge in [0.25, 0.3) is 0 Å². The first kappa shape index (κ1) is 16.0. The van der Waals surface area contributed by atoms with Crippen LogP contribution in [0.15, 0.2) is 24.3 Å². The lowest BCUT2D eigenvalue weighted by Crippen LogP contribution is -2.35. The topological polar surface area (TPSA) is 52.6 Å². The second-order valence-corrected chi connectivity index (χ2v) is 5.22. The minimum absolute atomic E-state index is 0.0250. The molecule has 2 N–H and O–H groups in total. The van der Waals surface area contributed by atoms with Crippen molar-refractivity contribution in [3.05, 3.63) is 34.9 Å². The summed E-state index contributed by atoms with van der Waals surface area (Å²) in [4.78, 5) is 13.6. The molecule has 0 fully saturated rings. The molecule has 0 aliphatic carbocycles. The first-order chi connectivity index (χ1) is 8.97. The van der Waals surface area contributed by atoms with Gasteiger partial charge in [0, 0.05) is 18.1 Å². The van der Waals surface area contributed by atoms with E-state index in [0.29, 0.717) is 31.1 Å². The van der Waals surface area contributed by atoms with Gasteiger partial charge in [-0.2, -0.15) is 0 Å². The summed E-state index contributed by atoms with van der Waals surface area (Å²) in [5.41, 5.74) is 1.02. The molecule has 0 bridgehead atoms. The number of benzene rings is 1. The maximum Gasteiger partial charge on any atom is 0.234 e. The van der Waals surface area contributed by atoms with Crippen LogP contribution in [0.3, 0.4) is 0 Å². The Kier molecular flexibility index (Phi) is 6.84. The van der Waals surface area contributed by atoms with Crippen LogP contribution in [-0.4, -0.2) is 42.2 Å². The number of halogens is 1. The van der Waals surface area contributed by atoms with Gasteiger partial charge in [0.2, 0.25) is 5.91 Å². The first-order valence-electron chi connectivity index (χ1n) is 6.35. The second kappa shape index (κ2) is 8.15. The van der Waals surface area contributed by atoms with Gasteiger partial charge in [-0.25, -0.2) is 0 Å². The lowest BCUT2D eigenvalue weighted by molar-refractivity contribution is -0.122. The van der Waals surface area contributed by atoms with Crippen molar-refractivity contribution in [1.29, 1.82) is 0 Å². The highest BCUT2D eigenvalue weighted by Crippen LogP contribution is 2.09. The molecule has 0 aliphatic rings. The van der Waals surface area contributed by atoms with Crippen molar-refractivity contribution in [3.63, 3.8) is 0 Å². The van der Waals surface area contributed by atoms with Crippen LogP contribution in [0.4, 0.5) is 0 Å². The number of hydrogen-bond acceptors (Lipinski definition) is 3. The van der Waals surface area contributed by atoms with E-state index in [0.717, 1.165) is 5.56 Å². The molecule has 0 saturated heterocycles. The maximum atomic E-state index is 11.7. The highest BCUT2D eigenvalue weighted by Gasteiger charge is 2.07. The van der Waals surface area contributed by atoms with Crippen molar-refractivity contribution < 1.29 is 9.90 Å². The van der Waals surface area contributed by atoms with E-state index in [1.807, 2.05) is 24.1 Å². The molecule has 1 amide bonds. The third kappa shape index (κ3) is 7.15. The van der Waals surface area contributed by atoms with Gasteiger partial charge in [-0.15, -0.1) is 0 Å². The summed E-state index contributed by atoms with van der Waals surface area (Å²) in [7, 11) is 1.87. The Hall–Kier alpha value is -1.10. The molecule has 0 spiro atoms. The molecule has 1 aromatic carbocycles. The number of rotatable bonds is 7. The van der Waals surface area contributed by atoms with Gasteiger partial charge in [0.15, 0.2) is 0 Å². The normalized spacial score (nSPS) is 12.5. The van der Waals surface area contributed by atoms with Gasteiger partial charge < -0.3 is 10.4 Å². The van der Waals surface area contributed by atoms with Crippen molar-refractivity contribution in [3.8, 4) is 0 Å². The Bertz CT molecular complexity index is 393. The van der Waals surface area contributed by atoms with E-state index in [9.17, 15) is 9.90 Å². The van der Waals surface area contributed by atoms with Crippen molar-refractivity contribution in [2.75, 3.05) is 20.1 Å². The van der Waals surface area contributed by atoms with Gasteiger partial charge in [0.05, 0.1) is 12.6 Å². The highest BCUT2D eigenvalue weighted by atomic mass is 35.5. The van der Waals surface area contributed by atoms with Gasteiger partial charge in [-0.05, 0) is 38.1 Å².